The van der Waals surface area contributed by atoms with Crippen molar-refractivity contribution >= 4 is 18.8 Å². The predicted octanol–water partition coefficient (Wildman–Crippen LogP) is 7.39. The molecule has 0 aliphatic heterocycles. The van der Waals surface area contributed by atoms with Gasteiger partial charge in [0.1, 0.15) is 0 Å². The Kier molecular flexibility index (Phi) is 6.87. The first-order valence-electron chi connectivity index (χ1n) is 10.5. The van der Waals surface area contributed by atoms with Crippen molar-refractivity contribution in [2.45, 2.75) is 85.5 Å². The van der Waals surface area contributed by atoms with Gasteiger partial charge in [0.05, 0.1) is 0 Å². The molecule has 0 bridgehead atoms. The molecule has 0 fully saturated rings. The van der Waals surface area contributed by atoms with Crippen LogP contribution in [0.15, 0.2) is 42.5 Å². The van der Waals surface area contributed by atoms with Crippen LogP contribution in [-0.4, -0.2) is 5.29 Å². The first-order valence-corrected chi connectivity index (χ1v) is 11.4. The molecule has 154 valence electrons. The molecule has 0 amide bonds. The summed E-state index contributed by atoms with van der Waals surface area (Å²) < 4.78 is 0. The maximum absolute atomic E-state index is 3.40. The van der Waals surface area contributed by atoms with Crippen molar-refractivity contribution in [2.75, 3.05) is 0 Å². The van der Waals surface area contributed by atoms with E-state index >= 15 is 0 Å². The zero-order chi connectivity index (χ0) is 22.0. The Morgan fingerprint density at radius 3 is 1.62 bits per heavy atom. The van der Waals surface area contributed by atoms with Gasteiger partial charge in [-0.3, -0.25) is 0 Å². The Balaban J connectivity index is 2.73. The first kappa shape index (κ1) is 23.4. The Morgan fingerprint density at radius 2 is 1.21 bits per heavy atom. The molecule has 0 N–H and O–H groups in total. The zero-order valence-corrected chi connectivity index (χ0v) is 20.9. The SMILES string of the molecule is CC(C#Cc1ccccc1)=Pc1c(C(C)(C)C)cc(C(C)(C)C)cc1C(C)(C)C. The maximum Gasteiger partial charge on any atom is 0.0271 e. The number of hydrogen-bond acceptors (Lipinski definition) is 0. The highest BCUT2D eigenvalue weighted by atomic mass is 31.1. The third-order valence-electron chi connectivity index (χ3n) is 5.03. The molecule has 29 heavy (non-hydrogen) atoms. The van der Waals surface area contributed by atoms with Gasteiger partial charge in [0.15, 0.2) is 0 Å². The van der Waals surface area contributed by atoms with Crippen molar-refractivity contribution < 1.29 is 0 Å². The largest absolute Gasteiger partial charge is 0.0622 e. The smallest absolute Gasteiger partial charge is 0.0271 e. The lowest BCUT2D eigenvalue weighted by atomic mass is 9.75. The van der Waals surface area contributed by atoms with Crippen LogP contribution >= 0.6 is 8.20 Å². The normalized spacial score (nSPS) is 13.1. The lowest BCUT2D eigenvalue weighted by Gasteiger charge is -2.32. The lowest BCUT2D eigenvalue weighted by molar-refractivity contribution is 0.554. The fraction of sp³-hybridized carbons (Fsp3) is 0.464. The van der Waals surface area contributed by atoms with Gasteiger partial charge in [0.25, 0.3) is 0 Å². The third kappa shape index (κ3) is 6.32. The summed E-state index contributed by atoms with van der Waals surface area (Å²) in [6.07, 6.45) is 0. The molecule has 0 unspecified atom stereocenters. The molecule has 0 heterocycles. The quantitative estimate of drug-likeness (QED) is 0.343. The predicted molar refractivity (Wildman–Crippen MR) is 133 cm³/mol. The maximum atomic E-state index is 3.40. The van der Waals surface area contributed by atoms with Gasteiger partial charge in [-0.05, 0) is 52.0 Å². The molecule has 0 aliphatic rings. The van der Waals surface area contributed by atoms with Gasteiger partial charge < -0.3 is 0 Å². The minimum Gasteiger partial charge on any atom is -0.0622 e. The van der Waals surface area contributed by atoms with Crippen LogP contribution in [0, 0.1) is 11.8 Å². The zero-order valence-electron chi connectivity index (χ0n) is 20.0. The molecule has 2 aromatic rings. The van der Waals surface area contributed by atoms with E-state index in [2.05, 4.69) is 105 Å². The summed E-state index contributed by atoms with van der Waals surface area (Å²) in [4.78, 5) is 0. The number of benzene rings is 2. The number of hydrogen-bond donors (Lipinski definition) is 0. The highest BCUT2D eigenvalue weighted by molar-refractivity contribution is 7.50. The average Bonchev–Trinajstić information content (AvgIpc) is 2.58. The summed E-state index contributed by atoms with van der Waals surface area (Å²) in [5, 5.41) is 2.62. The van der Waals surface area contributed by atoms with Crippen LogP contribution in [0.3, 0.4) is 0 Å². The van der Waals surface area contributed by atoms with E-state index in [1.54, 1.807) is 0 Å². The Bertz CT molecular complexity index is 909. The van der Waals surface area contributed by atoms with Crippen LogP contribution in [0.2, 0.25) is 0 Å². The van der Waals surface area contributed by atoms with E-state index in [0.717, 1.165) is 5.56 Å². The Morgan fingerprint density at radius 1 is 0.724 bits per heavy atom. The van der Waals surface area contributed by atoms with Crippen molar-refractivity contribution in [2.24, 2.45) is 0 Å². The van der Waals surface area contributed by atoms with E-state index in [9.17, 15) is 0 Å². The van der Waals surface area contributed by atoms with Crippen LogP contribution in [0.4, 0.5) is 0 Å². The van der Waals surface area contributed by atoms with Crippen LogP contribution in [-0.2, 0) is 16.2 Å². The molecule has 0 spiro atoms. The first-order chi connectivity index (χ1) is 13.2. The second kappa shape index (κ2) is 8.50. The summed E-state index contributed by atoms with van der Waals surface area (Å²) >= 11 is 0. The van der Waals surface area contributed by atoms with Crippen LogP contribution in [0.1, 0.15) is 91.5 Å². The van der Waals surface area contributed by atoms with Crippen molar-refractivity contribution in [1.29, 1.82) is 0 Å². The van der Waals surface area contributed by atoms with E-state index in [4.69, 9.17) is 0 Å². The standard InChI is InChI=1S/C28H37P/c1-20(16-17-21-14-12-11-13-15-21)29-25-23(27(5,6)7)18-22(26(2,3)4)19-24(25)28(8,9)10/h11-15,18-19H,1-10H3. The molecule has 0 aliphatic carbocycles. The summed E-state index contributed by atoms with van der Waals surface area (Å²) in [6, 6.07) is 15.1. The van der Waals surface area contributed by atoms with Gasteiger partial charge in [-0.25, -0.2) is 0 Å². The van der Waals surface area contributed by atoms with Crippen molar-refractivity contribution in [3.8, 4) is 11.8 Å². The van der Waals surface area contributed by atoms with Crippen molar-refractivity contribution in [3.05, 3.63) is 64.7 Å². The summed E-state index contributed by atoms with van der Waals surface area (Å²) in [5.74, 6) is 6.73. The van der Waals surface area contributed by atoms with Gasteiger partial charge in [-0.1, -0.05) is 113 Å². The van der Waals surface area contributed by atoms with Crippen LogP contribution < -0.4 is 5.30 Å². The minimum absolute atomic E-state index is 0.0801. The van der Waals surface area contributed by atoms with E-state index < -0.39 is 0 Å². The Labute approximate surface area is 180 Å². The fourth-order valence-corrected chi connectivity index (χ4v) is 4.70. The molecule has 0 saturated carbocycles. The van der Waals surface area contributed by atoms with E-state index in [1.165, 1.54) is 35.5 Å². The van der Waals surface area contributed by atoms with Gasteiger partial charge in [-0.2, -0.15) is 0 Å². The van der Waals surface area contributed by atoms with E-state index in [-0.39, 0.29) is 16.2 Å². The Hall–Kier alpha value is -1.83. The monoisotopic (exact) mass is 404 g/mol. The average molecular weight is 405 g/mol. The molecule has 0 saturated heterocycles. The van der Waals surface area contributed by atoms with Gasteiger partial charge in [0, 0.05) is 16.2 Å². The summed E-state index contributed by atoms with van der Waals surface area (Å²) in [5.41, 5.74) is 5.65. The third-order valence-corrected chi connectivity index (χ3v) is 6.19. The second-order valence-corrected chi connectivity index (χ2v) is 12.3. The molecule has 0 radical (unpaired) electrons. The molecule has 0 aromatic heterocycles. The van der Waals surface area contributed by atoms with Crippen LogP contribution in [0.5, 0.6) is 0 Å². The molecule has 0 nitrogen and oxygen atoms in total. The highest BCUT2D eigenvalue weighted by Gasteiger charge is 2.28. The highest BCUT2D eigenvalue weighted by Crippen LogP contribution is 2.35. The molecule has 2 rings (SSSR count). The lowest BCUT2D eigenvalue weighted by Crippen LogP contribution is -2.30. The van der Waals surface area contributed by atoms with Crippen LogP contribution in [0.25, 0.3) is 0 Å². The molecular weight excluding hydrogens is 367 g/mol. The van der Waals surface area contributed by atoms with Gasteiger partial charge in [-0.15, -0.1) is 0 Å². The summed E-state index contributed by atoms with van der Waals surface area (Å²) in [7, 11) is 1.21. The fourth-order valence-electron chi connectivity index (χ4n) is 3.21. The second-order valence-electron chi connectivity index (χ2n) is 11.0. The van der Waals surface area contributed by atoms with Crippen molar-refractivity contribution in [3.63, 3.8) is 0 Å². The van der Waals surface area contributed by atoms with Gasteiger partial charge >= 0.3 is 0 Å². The topological polar surface area (TPSA) is 0 Å². The van der Waals surface area contributed by atoms with E-state index in [1.807, 2.05) is 18.2 Å². The number of rotatable bonds is 1. The molecule has 1 heteroatoms. The molecular formula is C28H37P. The summed E-state index contributed by atoms with van der Waals surface area (Å²) in [6.45, 7) is 23.0. The molecule has 0 atom stereocenters. The van der Waals surface area contributed by atoms with E-state index in [0.29, 0.717) is 0 Å². The minimum atomic E-state index is 0.0801. The van der Waals surface area contributed by atoms with Gasteiger partial charge in [0.2, 0.25) is 0 Å². The van der Waals surface area contributed by atoms with Crippen molar-refractivity contribution in [1.82, 2.24) is 0 Å². The molecule has 2 aromatic carbocycles.